The summed E-state index contributed by atoms with van der Waals surface area (Å²) in [6.07, 6.45) is 5.18. The number of aryl methyl sites for hydroxylation is 1. The van der Waals surface area contributed by atoms with Crippen molar-refractivity contribution >= 4 is 0 Å². The topological polar surface area (TPSA) is 12.0 Å². The summed E-state index contributed by atoms with van der Waals surface area (Å²) in [5.74, 6) is 0.820. The standard InChI is InChI=1S/C15H22FN/c1-3-17-15(7-6-12-4-5-12)13-8-11(2)9-14(16)10-13/h8-10,12,15,17H,3-7H2,1-2H3. The quantitative estimate of drug-likeness (QED) is 0.786. The summed E-state index contributed by atoms with van der Waals surface area (Å²) in [6.45, 7) is 5.00. The predicted octanol–water partition coefficient (Wildman–Crippen LogP) is 3.97. The summed E-state index contributed by atoms with van der Waals surface area (Å²) < 4.78 is 13.4. The fourth-order valence-corrected chi connectivity index (χ4v) is 2.41. The van der Waals surface area contributed by atoms with E-state index in [-0.39, 0.29) is 5.82 Å². The highest BCUT2D eigenvalue weighted by atomic mass is 19.1. The highest BCUT2D eigenvalue weighted by molar-refractivity contribution is 5.26. The van der Waals surface area contributed by atoms with Crippen LogP contribution in [-0.2, 0) is 0 Å². The van der Waals surface area contributed by atoms with Crippen molar-refractivity contribution in [2.24, 2.45) is 5.92 Å². The van der Waals surface area contributed by atoms with Crippen molar-refractivity contribution in [3.8, 4) is 0 Å². The minimum Gasteiger partial charge on any atom is -0.310 e. The molecule has 2 heteroatoms. The molecular weight excluding hydrogens is 213 g/mol. The van der Waals surface area contributed by atoms with E-state index < -0.39 is 0 Å². The highest BCUT2D eigenvalue weighted by Crippen LogP contribution is 2.36. The van der Waals surface area contributed by atoms with Gasteiger partial charge in [0.05, 0.1) is 0 Å². The van der Waals surface area contributed by atoms with Gasteiger partial charge < -0.3 is 5.32 Å². The lowest BCUT2D eigenvalue weighted by molar-refractivity contribution is 0.478. The van der Waals surface area contributed by atoms with Crippen LogP contribution in [0.4, 0.5) is 4.39 Å². The second kappa shape index (κ2) is 5.63. The van der Waals surface area contributed by atoms with Crippen LogP contribution >= 0.6 is 0 Å². The Morgan fingerprint density at radius 1 is 1.35 bits per heavy atom. The second-order valence-electron chi connectivity index (χ2n) is 5.19. The Morgan fingerprint density at radius 3 is 2.71 bits per heavy atom. The number of rotatable bonds is 6. The molecule has 1 aromatic rings. The first kappa shape index (κ1) is 12.6. The number of hydrogen-bond donors (Lipinski definition) is 1. The molecule has 1 aliphatic rings. The molecule has 2 rings (SSSR count). The summed E-state index contributed by atoms with van der Waals surface area (Å²) in [7, 11) is 0. The van der Waals surface area contributed by atoms with Gasteiger partial charge in [0.2, 0.25) is 0 Å². The van der Waals surface area contributed by atoms with E-state index in [2.05, 4.69) is 18.3 Å². The Kier molecular flexibility index (Phi) is 4.16. The Morgan fingerprint density at radius 2 is 2.12 bits per heavy atom. The third-order valence-electron chi connectivity index (χ3n) is 3.48. The third kappa shape index (κ3) is 3.81. The van der Waals surface area contributed by atoms with Crippen molar-refractivity contribution in [1.29, 1.82) is 0 Å². The summed E-state index contributed by atoms with van der Waals surface area (Å²) in [6, 6.07) is 5.68. The van der Waals surface area contributed by atoms with Gasteiger partial charge in [0.15, 0.2) is 0 Å². The van der Waals surface area contributed by atoms with Gasteiger partial charge in [-0.2, -0.15) is 0 Å². The van der Waals surface area contributed by atoms with Crippen LogP contribution < -0.4 is 5.32 Å². The molecular formula is C15H22FN. The summed E-state index contributed by atoms with van der Waals surface area (Å²) >= 11 is 0. The normalized spacial score (nSPS) is 17.1. The van der Waals surface area contributed by atoms with Gasteiger partial charge in [0.1, 0.15) is 5.82 Å². The molecule has 1 aromatic carbocycles. The second-order valence-corrected chi connectivity index (χ2v) is 5.19. The van der Waals surface area contributed by atoms with E-state index in [1.54, 1.807) is 12.1 Å². The van der Waals surface area contributed by atoms with Crippen molar-refractivity contribution in [3.05, 3.63) is 35.1 Å². The maximum atomic E-state index is 13.4. The van der Waals surface area contributed by atoms with Gasteiger partial charge in [0, 0.05) is 6.04 Å². The van der Waals surface area contributed by atoms with E-state index in [9.17, 15) is 4.39 Å². The van der Waals surface area contributed by atoms with E-state index in [4.69, 9.17) is 0 Å². The van der Waals surface area contributed by atoms with Crippen LogP contribution in [0.15, 0.2) is 18.2 Å². The molecule has 1 unspecified atom stereocenters. The van der Waals surface area contributed by atoms with Crippen molar-refractivity contribution < 1.29 is 4.39 Å². The van der Waals surface area contributed by atoms with Crippen LogP contribution in [0.2, 0.25) is 0 Å². The molecule has 0 bridgehead atoms. The van der Waals surface area contributed by atoms with Crippen LogP contribution in [0.1, 0.15) is 49.8 Å². The van der Waals surface area contributed by atoms with Gasteiger partial charge in [-0.3, -0.25) is 0 Å². The molecule has 0 heterocycles. The zero-order valence-corrected chi connectivity index (χ0v) is 10.8. The molecule has 0 saturated heterocycles. The van der Waals surface area contributed by atoms with Gasteiger partial charge >= 0.3 is 0 Å². The maximum Gasteiger partial charge on any atom is 0.123 e. The fourth-order valence-electron chi connectivity index (χ4n) is 2.41. The molecule has 0 aliphatic heterocycles. The van der Waals surface area contributed by atoms with Crippen LogP contribution in [0.25, 0.3) is 0 Å². The summed E-state index contributed by atoms with van der Waals surface area (Å²) in [4.78, 5) is 0. The van der Waals surface area contributed by atoms with E-state index >= 15 is 0 Å². The highest BCUT2D eigenvalue weighted by Gasteiger charge is 2.23. The Bertz CT molecular complexity index is 351. The lowest BCUT2D eigenvalue weighted by atomic mass is 9.98. The predicted molar refractivity (Wildman–Crippen MR) is 69.5 cm³/mol. The molecule has 0 spiro atoms. The molecule has 1 aliphatic carbocycles. The molecule has 1 fully saturated rings. The maximum absolute atomic E-state index is 13.4. The third-order valence-corrected chi connectivity index (χ3v) is 3.48. The van der Waals surface area contributed by atoms with E-state index in [0.29, 0.717) is 6.04 Å². The minimum absolute atomic E-state index is 0.116. The lowest BCUT2D eigenvalue weighted by Crippen LogP contribution is -2.21. The first-order chi connectivity index (χ1) is 8.19. The molecule has 0 aromatic heterocycles. The van der Waals surface area contributed by atoms with Crippen molar-refractivity contribution in [2.75, 3.05) is 6.54 Å². The number of hydrogen-bond acceptors (Lipinski definition) is 1. The van der Waals surface area contributed by atoms with E-state index in [1.165, 1.54) is 19.3 Å². The molecule has 94 valence electrons. The average Bonchev–Trinajstić information content (AvgIpc) is 3.06. The minimum atomic E-state index is -0.116. The van der Waals surface area contributed by atoms with Crippen LogP contribution in [-0.4, -0.2) is 6.54 Å². The lowest BCUT2D eigenvalue weighted by Gasteiger charge is -2.19. The Balaban J connectivity index is 2.05. The molecule has 0 radical (unpaired) electrons. The van der Waals surface area contributed by atoms with Crippen molar-refractivity contribution in [2.45, 2.75) is 45.6 Å². The van der Waals surface area contributed by atoms with Gasteiger partial charge in [-0.1, -0.05) is 25.8 Å². The van der Waals surface area contributed by atoms with Crippen molar-refractivity contribution in [1.82, 2.24) is 5.32 Å². The smallest absolute Gasteiger partial charge is 0.123 e. The molecule has 1 saturated carbocycles. The number of nitrogens with one attached hydrogen (secondary N) is 1. The van der Waals surface area contributed by atoms with Gasteiger partial charge in [0.25, 0.3) is 0 Å². The van der Waals surface area contributed by atoms with E-state index in [1.807, 2.05) is 6.92 Å². The zero-order chi connectivity index (χ0) is 12.3. The van der Waals surface area contributed by atoms with Gasteiger partial charge in [-0.05, 0) is 55.5 Å². The summed E-state index contributed by atoms with van der Waals surface area (Å²) in [5.41, 5.74) is 2.11. The first-order valence-electron chi connectivity index (χ1n) is 6.69. The Labute approximate surface area is 103 Å². The van der Waals surface area contributed by atoms with Crippen LogP contribution in [0.5, 0.6) is 0 Å². The molecule has 0 amide bonds. The molecule has 1 N–H and O–H groups in total. The van der Waals surface area contributed by atoms with Crippen LogP contribution in [0, 0.1) is 18.7 Å². The van der Waals surface area contributed by atoms with E-state index in [0.717, 1.165) is 30.0 Å². The van der Waals surface area contributed by atoms with Crippen molar-refractivity contribution in [3.63, 3.8) is 0 Å². The molecule has 1 atom stereocenters. The van der Waals surface area contributed by atoms with Crippen LogP contribution in [0.3, 0.4) is 0 Å². The van der Waals surface area contributed by atoms with Gasteiger partial charge in [-0.25, -0.2) is 4.39 Å². The Hall–Kier alpha value is -0.890. The van der Waals surface area contributed by atoms with Gasteiger partial charge in [-0.15, -0.1) is 0 Å². The number of halogens is 1. The average molecular weight is 235 g/mol. The molecule has 1 nitrogen and oxygen atoms in total. The first-order valence-corrected chi connectivity index (χ1v) is 6.69. The monoisotopic (exact) mass is 235 g/mol. The SMILES string of the molecule is CCNC(CCC1CC1)c1cc(C)cc(F)c1. The molecule has 17 heavy (non-hydrogen) atoms. The summed E-state index contributed by atoms with van der Waals surface area (Å²) in [5, 5.41) is 3.47. The largest absolute Gasteiger partial charge is 0.310 e. The number of benzene rings is 1. The fraction of sp³-hybridized carbons (Fsp3) is 0.600. The zero-order valence-electron chi connectivity index (χ0n) is 10.8.